The van der Waals surface area contributed by atoms with Crippen molar-refractivity contribution in [2.24, 2.45) is 0 Å². The molecule has 1 rings (SSSR count). The number of nitrogens with zero attached hydrogens (tertiary/aromatic N) is 2. The molecule has 5 nitrogen and oxygen atoms in total. The Labute approximate surface area is 127 Å². The molecule has 1 aromatic rings. The lowest BCUT2D eigenvalue weighted by atomic mass is 10.1. The predicted octanol–water partition coefficient (Wildman–Crippen LogP) is 2.53. The van der Waals surface area contributed by atoms with Crippen LogP contribution in [0.25, 0.3) is 0 Å². The van der Waals surface area contributed by atoms with Crippen molar-refractivity contribution in [1.29, 1.82) is 0 Å². The van der Waals surface area contributed by atoms with Gasteiger partial charge in [-0.05, 0) is 45.1 Å². The van der Waals surface area contributed by atoms with Crippen LogP contribution in [0.3, 0.4) is 0 Å². The van der Waals surface area contributed by atoms with Crippen LogP contribution in [0.15, 0.2) is 18.2 Å². The van der Waals surface area contributed by atoms with Gasteiger partial charge in [-0.15, -0.1) is 0 Å². The fraction of sp³-hybridized carbons (Fsp3) is 0.562. The van der Waals surface area contributed by atoms with E-state index in [2.05, 4.69) is 23.6 Å². The van der Waals surface area contributed by atoms with Gasteiger partial charge in [0, 0.05) is 13.1 Å². The van der Waals surface area contributed by atoms with Gasteiger partial charge < -0.3 is 20.6 Å². The standard InChI is InChI=1S/C16H27N3O2/c1-4-18(5-2)11-8-12-19(6-3)15-13(16(20)21)9-7-10-14(15)17/h7,9-10H,4-6,8,11-12,17H2,1-3H3,(H,20,21). The first kappa shape index (κ1) is 17.3. The first-order chi connectivity index (χ1) is 10.0. The van der Waals surface area contributed by atoms with Gasteiger partial charge in [0.05, 0.1) is 16.9 Å². The van der Waals surface area contributed by atoms with Crippen molar-refractivity contribution >= 4 is 17.3 Å². The van der Waals surface area contributed by atoms with Crippen LogP contribution in [0.4, 0.5) is 11.4 Å². The molecule has 21 heavy (non-hydrogen) atoms. The van der Waals surface area contributed by atoms with E-state index < -0.39 is 5.97 Å². The molecule has 3 N–H and O–H groups in total. The number of carboxylic acids is 1. The predicted molar refractivity (Wildman–Crippen MR) is 88.1 cm³/mol. The molecule has 5 heteroatoms. The monoisotopic (exact) mass is 293 g/mol. The third-order valence-electron chi connectivity index (χ3n) is 3.79. The van der Waals surface area contributed by atoms with Crippen LogP contribution in [0.5, 0.6) is 0 Å². The van der Waals surface area contributed by atoms with Crippen LogP contribution in [-0.2, 0) is 0 Å². The summed E-state index contributed by atoms with van der Waals surface area (Å²) in [5, 5.41) is 9.33. The Morgan fingerprint density at radius 3 is 2.33 bits per heavy atom. The number of hydrogen-bond acceptors (Lipinski definition) is 4. The molecule has 0 fully saturated rings. The van der Waals surface area contributed by atoms with Gasteiger partial charge in [0.25, 0.3) is 0 Å². The summed E-state index contributed by atoms with van der Waals surface area (Å²) >= 11 is 0. The number of nitrogen functional groups attached to an aromatic ring is 1. The molecular formula is C16H27N3O2. The molecule has 0 aliphatic carbocycles. The number of para-hydroxylation sites is 1. The fourth-order valence-electron chi connectivity index (χ4n) is 2.54. The Morgan fingerprint density at radius 2 is 1.81 bits per heavy atom. The van der Waals surface area contributed by atoms with Gasteiger partial charge in [-0.3, -0.25) is 0 Å². The molecule has 0 spiro atoms. The Balaban J connectivity index is 2.83. The van der Waals surface area contributed by atoms with E-state index in [1.165, 1.54) is 0 Å². The van der Waals surface area contributed by atoms with Gasteiger partial charge in [-0.2, -0.15) is 0 Å². The lowest BCUT2D eigenvalue weighted by molar-refractivity contribution is 0.0697. The SMILES string of the molecule is CCN(CC)CCCN(CC)c1c(N)cccc1C(=O)O. The molecule has 0 radical (unpaired) electrons. The smallest absolute Gasteiger partial charge is 0.337 e. The van der Waals surface area contributed by atoms with Crippen molar-refractivity contribution in [3.8, 4) is 0 Å². The first-order valence-corrected chi connectivity index (χ1v) is 7.64. The summed E-state index contributed by atoms with van der Waals surface area (Å²) in [6.07, 6.45) is 0.989. The molecule has 118 valence electrons. The maximum Gasteiger partial charge on any atom is 0.337 e. The van der Waals surface area contributed by atoms with E-state index in [0.29, 0.717) is 11.4 Å². The summed E-state index contributed by atoms with van der Waals surface area (Å²) in [5.74, 6) is -0.931. The van der Waals surface area contributed by atoms with E-state index in [1.807, 2.05) is 6.92 Å². The normalized spacial score (nSPS) is 10.9. The molecule has 0 bridgehead atoms. The van der Waals surface area contributed by atoms with Crippen LogP contribution in [0.2, 0.25) is 0 Å². The van der Waals surface area contributed by atoms with E-state index >= 15 is 0 Å². The summed E-state index contributed by atoms with van der Waals surface area (Å²) in [6.45, 7) is 11.0. The summed E-state index contributed by atoms with van der Waals surface area (Å²) in [7, 11) is 0. The van der Waals surface area contributed by atoms with E-state index in [4.69, 9.17) is 5.73 Å². The highest BCUT2D eigenvalue weighted by atomic mass is 16.4. The molecule has 0 aliphatic heterocycles. The van der Waals surface area contributed by atoms with Gasteiger partial charge >= 0.3 is 5.97 Å². The second-order valence-corrected chi connectivity index (χ2v) is 5.01. The highest BCUT2D eigenvalue weighted by Gasteiger charge is 2.17. The molecule has 0 unspecified atom stereocenters. The number of benzene rings is 1. The minimum absolute atomic E-state index is 0.277. The molecule has 0 atom stereocenters. The van der Waals surface area contributed by atoms with Gasteiger partial charge in [0.2, 0.25) is 0 Å². The molecule has 0 aliphatic rings. The lowest BCUT2D eigenvalue weighted by Gasteiger charge is -2.27. The first-order valence-electron chi connectivity index (χ1n) is 7.64. The van der Waals surface area contributed by atoms with E-state index in [9.17, 15) is 9.90 Å². The zero-order valence-corrected chi connectivity index (χ0v) is 13.3. The number of carboxylic acid groups (broad SMARTS) is 1. The van der Waals surface area contributed by atoms with Crippen molar-refractivity contribution in [3.63, 3.8) is 0 Å². The minimum atomic E-state index is -0.931. The molecule has 0 saturated carbocycles. The molecule has 0 aromatic heterocycles. The largest absolute Gasteiger partial charge is 0.478 e. The highest BCUT2D eigenvalue weighted by Crippen LogP contribution is 2.28. The Bertz CT molecular complexity index is 459. The van der Waals surface area contributed by atoms with Crippen LogP contribution in [-0.4, -0.2) is 48.7 Å². The number of anilines is 2. The highest BCUT2D eigenvalue weighted by molar-refractivity contribution is 5.98. The summed E-state index contributed by atoms with van der Waals surface area (Å²) in [4.78, 5) is 15.8. The van der Waals surface area contributed by atoms with Gasteiger partial charge in [-0.1, -0.05) is 19.9 Å². The van der Waals surface area contributed by atoms with Gasteiger partial charge in [0.15, 0.2) is 0 Å². The number of rotatable bonds is 9. The number of nitrogens with two attached hydrogens (primary N) is 1. The zero-order chi connectivity index (χ0) is 15.8. The maximum absolute atomic E-state index is 11.4. The Hall–Kier alpha value is -1.75. The van der Waals surface area contributed by atoms with Crippen molar-refractivity contribution in [2.75, 3.05) is 43.4 Å². The lowest BCUT2D eigenvalue weighted by Crippen LogP contribution is -2.31. The second-order valence-electron chi connectivity index (χ2n) is 5.01. The van der Waals surface area contributed by atoms with Gasteiger partial charge in [-0.25, -0.2) is 4.79 Å². The number of carbonyl (C=O) groups is 1. The van der Waals surface area contributed by atoms with Crippen molar-refractivity contribution in [2.45, 2.75) is 27.2 Å². The molecule has 1 aromatic carbocycles. The average molecular weight is 293 g/mol. The second kappa shape index (κ2) is 8.52. The van der Waals surface area contributed by atoms with E-state index in [0.717, 1.165) is 39.1 Å². The van der Waals surface area contributed by atoms with Crippen molar-refractivity contribution in [1.82, 2.24) is 4.90 Å². The molecule has 0 amide bonds. The van der Waals surface area contributed by atoms with Gasteiger partial charge in [0.1, 0.15) is 0 Å². The molecular weight excluding hydrogens is 266 g/mol. The number of hydrogen-bond donors (Lipinski definition) is 2. The Kier molecular flexibility index (Phi) is 7.02. The number of aromatic carboxylic acids is 1. The molecule has 0 saturated heterocycles. The van der Waals surface area contributed by atoms with Crippen LogP contribution in [0.1, 0.15) is 37.6 Å². The van der Waals surface area contributed by atoms with Crippen LogP contribution >= 0.6 is 0 Å². The van der Waals surface area contributed by atoms with Crippen molar-refractivity contribution < 1.29 is 9.90 Å². The van der Waals surface area contributed by atoms with E-state index in [1.54, 1.807) is 18.2 Å². The van der Waals surface area contributed by atoms with Crippen molar-refractivity contribution in [3.05, 3.63) is 23.8 Å². The van der Waals surface area contributed by atoms with Crippen LogP contribution in [0, 0.1) is 0 Å². The zero-order valence-electron chi connectivity index (χ0n) is 13.3. The summed E-state index contributed by atoms with van der Waals surface area (Å²) < 4.78 is 0. The summed E-state index contributed by atoms with van der Waals surface area (Å²) in [5.41, 5.74) is 7.45. The van der Waals surface area contributed by atoms with Crippen LogP contribution < -0.4 is 10.6 Å². The third kappa shape index (κ3) is 4.63. The minimum Gasteiger partial charge on any atom is -0.478 e. The maximum atomic E-state index is 11.4. The Morgan fingerprint density at radius 1 is 1.14 bits per heavy atom. The average Bonchev–Trinajstić information content (AvgIpc) is 2.48. The topological polar surface area (TPSA) is 69.8 Å². The molecule has 0 heterocycles. The summed E-state index contributed by atoms with van der Waals surface area (Å²) in [6, 6.07) is 5.06. The van der Waals surface area contributed by atoms with E-state index in [-0.39, 0.29) is 5.56 Å². The third-order valence-corrected chi connectivity index (χ3v) is 3.79. The quantitative estimate of drug-likeness (QED) is 0.685. The fourth-order valence-corrected chi connectivity index (χ4v) is 2.54.